The number of sulfone groups is 1. The van der Waals surface area contributed by atoms with E-state index < -0.39 is 38.6 Å². The van der Waals surface area contributed by atoms with E-state index in [9.17, 15) is 17.6 Å². The average molecular weight is 329 g/mol. The summed E-state index contributed by atoms with van der Waals surface area (Å²) in [5, 5.41) is 2.12. The molecule has 0 fully saturated rings. The molecule has 1 amide bonds. The van der Waals surface area contributed by atoms with Gasteiger partial charge in [0.15, 0.2) is 9.84 Å². The fourth-order valence-electron chi connectivity index (χ4n) is 2.04. The SMILES string of the molecule is CC(C)S(=O)(=O)CC(=O)NC(c1cccc(F)c1)C(C)(C)C. The molecule has 0 saturated heterocycles. The molecule has 1 aromatic rings. The van der Waals surface area contributed by atoms with Gasteiger partial charge >= 0.3 is 0 Å². The number of hydrogen-bond acceptors (Lipinski definition) is 3. The quantitative estimate of drug-likeness (QED) is 0.903. The standard InChI is InChI=1S/C16H24FNO3S/c1-11(2)22(20,21)10-14(19)18-15(16(3,4)5)12-7-6-8-13(17)9-12/h6-9,11,15H,10H2,1-5H3,(H,18,19). The number of benzene rings is 1. The van der Waals surface area contributed by atoms with Gasteiger partial charge in [-0.05, 0) is 37.0 Å². The second kappa shape index (κ2) is 6.77. The fourth-order valence-corrected chi connectivity index (χ4v) is 2.82. The molecule has 1 atom stereocenters. The lowest BCUT2D eigenvalue weighted by atomic mass is 9.82. The molecule has 1 unspecified atom stereocenters. The first kappa shape index (κ1) is 18.6. The number of rotatable bonds is 5. The molecule has 1 aromatic carbocycles. The third-order valence-electron chi connectivity index (χ3n) is 3.40. The van der Waals surface area contributed by atoms with Gasteiger partial charge in [-0.15, -0.1) is 0 Å². The Balaban J connectivity index is 3.00. The van der Waals surface area contributed by atoms with Crippen molar-refractivity contribution in [3.05, 3.63) is 35.6 Å². The van der Waals surface area contributed by atoms with E-state index in [2.05, 4.69) is 5.32 Å². The van der Waals surface area contributed by atoms with Crippen molar-refractivity contribution >= 4 is 15.7 Å². The number of hydrogen-bond donors (Lipinski definition) is 1. The molecule has 124 valence electrons. The minimum atomic E-state index is -3.47. The molecule has 0 heterocycles. The highest BCUT2D eigenvalue weighted by Crippen LogP contribution is 2.33. The van der Waals surface area contributed by atoms with Crippen LogP contribution in [0.2, 0.25) is 0 Å². The van der Waals surface area contributed by atoms with Crippen LogP contribution in [0.5, 0.6) is 0 Å². The van der Waals surface area contributed by atoms with Crippen molar-refractivity contribution in [3.63, 3.8) is 0 Å². The van der Waals surface area contributed by atoms with Gasteiger partial charge in [0.2, 0.25) is 5.91 Å². The van der Waals surface area contributed by atoms with Crippen molar-refractivity contribution in [1.29, 1.82) is 0 Å². The molecule has 4 nitrogen and oxygen atoms in total. The molecule has 0 aliphatic heterocycles. The zero-order valence-electron chi connectivity index (χ0n) is 13.7. The van der Waals surface area contributed by atoms with Crippen LogP contribution in [-0.4, -0.2) is 25.3 Å². The van der Waals surface area contributed by atoms with Crippen LogP contribution in [-0.2, 0) is 14.6 Å². The predicted octanol–water partition coefficient (Wildman–Crippen LogP) is 2.85. The van der Waals surface area contributed by atoms with E-state index in [1.807, 2.05) is 20.8 Å². The van der Waals surface area contributed by atoms with Crippen molar-refractivity contribution < 1.29 is 17.6 Å². The Bertz CT molecular complexity index is 633. The van der Waals surface area contributed by atoms with E-state index in [0.29, 0.717) is 5.56 Å². The Kier molecular flexibility index (Phi) is 5.73. The van der Waals surface area contributed by atoms with Gasteiger partial charge < -0.3 is 5.32 Å². The maximum Gasteiger partial charge on any atom is 0.235 e. The third kappa shape index (κ3) is 5.09. The Morgan fingerprint density at radius 2 is 1.86 bits per heavy atom. The van der Waals surface area contributed by atoms with Crippen LogP contribution in [0.25, 0.3) is 0 Å². The Labute approximate surface area is 132 Å². The summed E-state index contributed by atoms with van der Waals surface area (Å²) < 4.78 is 37.1. The van der Waals surface area contributed by atoms with Crippen molar-refractivity contribution in [3.8, 4) is 0 Å². The maximum atomic E-state index is 13.4. The molecule has 6 heteroatoms. The molecule has 0 spiro atoms. The molecule has 1 N–H and O–H groups in total. The second-order valence-electron chi connectivity index (χ2n) is 6.78. The van der Waals surface area contributed by atoms with Crippen LogP contribution in [0.4, 0.5) is 4.39 Å². The van der Waals surface area contributed by atoms with Gasteiger partial charge in [0.1, 0.15) is 11.6 Å². The Morgan fingerprint density at radius 1 is 1.27 bits per heavy atom. The maximum absolute atomic E-state index is 13.4. The molecule has 1 rings (SSSR count). The van der Waals surface area contributed by atoms with E-state index in [1.54, 1.807) is 12.1 Å². The summed E-state index contributed by atoms with van der Waals surface area (Å²) in [5.41, 5.74) is 0.230. The monoisotopic (exact) mass is 329 g/mol. The molecule has 0 aromatic heterocycles. The molecular weight excluding hydrogens is 305 g/mol. The van der Waals surface area contributed by atoms with Crippen LogP contribution < -0.4 is 5.32 Å². The molecule has 0 aliphatic carbocycles. The van der Waals surface area contributed by atoms with Crippen LogP contribution >= 0.6 is 0 Å². The van der Waals surface area contributed by atoms with Gasteiger partial charge in [-0.3, -0.25) is 4.79 Å². The summed E-state index contributed by atoms with van der Waals surface area (Å²) in [6, 6.07) is 5.50. The highest BCUT2D eigenvalue weighted by molar-refractivity contribution is 7.92. The number of amides is 1. The van der Waals surface area contributed by atoms with Gasteiger partial charge in [0.25, 0.3) is 0 Å². The van der Waals surface area contributed by atoms with Crippen molar-refractivity contribution in [2.75, 3.05) is 5.75 Å². The topological polar surface area (TPSA) is 63.2 Å². The highest BCUT2D eigenvalue weighted by atomic mass is 32.2. The first-order chi connectivity index (χ1) is 9.93. The van der Waals surface area contributed by atoms with Crippen LogP contribution in [0.15, 0.2) is 24.3 Å². The fraction of sp³-hybridized carbons (Fsp3) is 0.562. The van der Waals surface area contributed by atoms with Crippen LogP contribution in [0.1, 0.15) is 46.2 Å². The first-order valence-electron chi connectivity index (χ1n) is 7.20. The summed E-state index contributed by atoms with van der Waals surface area (Å²) in [6.45, 7) is 8.78. The molecule has 0 bridgehead atoms. The zero-order chi connectivity index (χ0) is 17.1. The predicted molar refractivity (Wildman–Crippen MR) is 85.7 cm³/mol. The summed E-state index contributed by atoms with van der Waals surface area (Å²) >= 11 is 0. The Morgan fingerprint density at radius 3 is 2.32 bits per heavy atom. The number of carbonyl (C=O) groups excluding carboxylic acids is 1. The van der Waals surface area contributed by atoms with E-state index in [0.717, 1.165) is 0 Å². The van der Waals surface area contributed by atoms with Crippen LogP contribution in [0.3, 0.4) is 0 Å². The lowest BCUT2D eigenvalue weighted by molar-refractivity contribution is -0.120. The summed E-state index contributed by atoms with van der Waals surface area (Å²) in [5.74, 6) is -1.53. The zero-order valence-corrected chi connectivity index (χ0v) is 14.5. The molecule has 0 aliphatic rings. The van der Waals surface area contributed by atoms with Gasteiger partial charge in [0, 0.05) is 0 Å². The summed E-state index contributed by atoms with van der Waals surface area (Å²) in [7, 11) is -3.47. The summed E-state index contributed by atoms with van der Waals surface area (Å²) in [6.07, 6.45) is 0. The molecule has 22 heavy (non-hydrogen) atoms. The lowest BCUT2D eigenvalue weighted by Crippen LogP contribution is -2.40. The van der Waals surface area contributed by atoms with E-state index in [4.69, 9.17) is 0 Å². The number of nitrogens with one attached hydrogen (secondary N) is 1. The van der Waals surface area contributed by atoms with Crippen molar-refractivity contribution in [1.82, 2.24) is 5.32 Å². The number of carbonyl (C=O) groups is 1. The van der Waals surface area contributed by atoms with Crippen molar-refractivity contribution in [2.24, 2.45) is 5.41 Å². The largest absolute Gasteiger partial charge is 0.348 e. The van der Waals surface area contributed by atoms with E-state index in [1.165, 1.54) is 26.0 Å². The molecule has 0 radical (unpaired) electrons. The number of halogens is 1. The van der Waals surface area contributed by atoms with E-state index >= 15 is 0 Å². The smallest absolute Gasteiger partial charge is 0.235 e. The molecular formula is C16H24FNO3S. The third-order valence-corrected chi connectivity index (χ3v) is 5.50. The van der Waals surface area contributed by atoms with Gasteiger partial charge in [-0.1, -0.05) is 32.9 Å². The normalized spacial score (nSPS) is 14.0. The van der Waals surface area contributed by atoms with Crippen LogP contribution in [0, 0.1) is 11.2 Å². The average Bonchev–Trinajstić information content (AvgIpc) is 2.33. The Hall–Kier alpha value is -1.43. The van der Waals surface area contributed by atoms with Gasteiger partial charge in [0.05, 0.1) is 11.3 Å². The lowest BCUT2D eigenvalue weighted by Gasteiger charge is -2.32. The van der Waals surface area contributed by atoms with Crippen molar-refractivity contribution in [2.45, 2.75) is 45.9 Å². The van der Waals surface area contributed by atoms with Gasteiger partial charge in [-0.2, -0.15) is 0 Å². The minimum Gasteiger partial charge on any atom is -0.348 e. The van der Waals surface area contributed by atoms with Gasteiger partial charge in [-0.25, -0.2) is 12.8 Å². The minimum absolute atomic E-state index is 0.384. The highest BCUT2D eigenvalue weighted by Gasteiger charge is 2.30. The first-order valence-corrected chi connectivity index (χ1v) is 8.91. The second-order valence-corrected chi connectivity index (χ2v) is 9.33. The van der Waals surface area contributed by atoms with E-state index in [-0.39, 0.29) is 5.41 Å². The summed E-state index contributed by atoms with van der Waals surface area (Å²) in [4.78, 5) is 12.1. The molecule has 0 saturated carbocycles.